The molecule has 48 heavy (non-hydrogen) atoms. The SMILES string of the molecule is CC.COCOc1ccccc1P(c1ccccc1)c1ccccc1.O=S(=O)(O)c1ccccc1P(c1ccccc1)c1ccccc1. The van der Waals surface area contributed by atoms with Crippen LogP contribution in [0.1, 0.15) is 13.8 Å². The van der Waals surface area contributed by atoms with Crippen molar-refractivity contribution in [1.29, 1.82) is 0 Å². The van der Waals surface area contributed by atoms with Gasteiger partial charge in [-0.15, -0.1) is 0 Å². The summed E-state index contributed by atoms with van der Waals surface area (Å²) in [6.45, 7) is 4.25. The van der Waals surface area contributed by atoms with E-state index in [1.807, 2.05) is 86.6 Å². The Labute approximate surface area is 287 Å². The van der Waals surface area contributed by atoms with E-state index in [0.29, 0.717) is 5.30 Å². The van der Waals surface area contributed by atoms with Crippen LogP contribution in [0, 0.1) is 0 Å². The van der Waals surface area contributed by atoms with Gasteiger partial charge >= 0.3 is 0 Å². The van der Waals surface area contributed by atoms with Gasteiger partial charge < -0.3 is 9.47 Å². The molecule has 8 heteroatoms. The van der Waals surface area contributed by atoms with Gasteiger partial charge in [-0.25, -0.2) is 0 Å². The third-order valence-electron chi connectivity index (χ3n) is 6.88. The molecule has 0 saturated heterocycles. The van der Waals surface area contributed by atoms with E-state index in [-0.39, 0.29) is 11.7 Å². The number of hydrogen-bond acceptors (Lipinski definition) is 4. The second kappa shape index (κ2) is 19.0. The van der Waals surface area contributed by atoms with Crippen molar-refractivity contribution in [2.75, 3.05) is 13.9 Å². The molecule has 0 atom stereocenters. The zero-order valence-electron chi connectivity index (χ0n) is 27.3. The maximum absolute atomic E-state index is 11.8. The van der Waals surface area contributed by atoms with Crippen molar-refractivity contribution in [1.82, 2.24) is 0 Å². The third kappa shape index (κ3) is 9.93. The summed E-state index contributed by atoms with van der Waals surface area (Å²) in [6, 6.07) is 55.6. The summed E-state index contributed by atoms with van der Waals surface area (Å²) in [5.74, 6) is 0.883. The maximum atomic E-state index is 11.8. The normalized spacial score (nSPS) is 10.8. The highest BCUT2D eigenvalue weighted by atomic mass is 32.2. The van der Waals surface area contributed by atoms with Crippen LogP contribution in [0.25, 0.3) is 0 Å². The molecule has 0 spiro atoms. The Morgan fingerprint density at radius 1 is 0.500 bits per heavy atom. The quantitative estimate of drug-likeness (QED) is 0.0938. The van der Waals surface area contributed by atoms with E-state index in [4.69, 9.17) is 9.47 Å². The van der Waals surface area contributed by atoms with E-state index in [9.17, 15) is 13.0 Å². The third-order valence-corrected chi connectivity index (χ3v) is 12.9. The first-order valence-electron chi connectivity index (χ1n) is 15.5. The van der Waals surface area contributed by atoms with Crippen molar-refractivity contribution in [2.45, 2.75) is 18.7 Å². The highest BCUT2D eigenvalue weighted by Gasteiger charge is 2.24. The molecule has 0 aromatic heterocycles. The summed E-state index contributed by atoms with van der Waals surface area (Å²) in [4.78, 5) is -0.0289. The van der Waals surface area contributed by atoms with Gasteiger partial charge in [0.1, 0.15) is 10.6 Å². The predicted molar refractivity (Wildman–Crippen MR) is 204 cm³/mol. The molecule has 0 bridgehead atoms. The van der Waals surface area contributed by atoms with Gasteiger partial charge in [0.25, 0.3) is 10.1 Å². The van der Waals surface area contributed by atoms with E-state index < -0.39 is 26.0 Å². The van der Waals surface area contributed by atoms with E-state index in [1.165, 1.54) is 22.0 Å². The first-order chi connectivity index (χ1) is 23.5. The molecule has 0 aliphatic rings. The van der Waals surface area contributed by atoms with Crippen LogP contribution < -0.4 is 36.6 Å². The topological polar surface area (TPSA) is 72.8 Å². The molecule has 246 valence electrons. The van der Waals surface area contributed by atoms with E-state index in [2.05, 4.69) is 72.8 Å². The average molecular weight is 695 g/mol. The van der Waals surface area contributed by atoms with Crippen molar-refractivity contribution in [3.8, 4) is 5.75 Å². The fourth-order valence-electron chi connectivity index (χ4n) is 4.91. The van der Waals surface area contributed by atoms with Gasteiger partial charge in [-0.1, -0.05) is 172 Å². The van der Waals surface area contributed by atoms with Gasteiger partial charge in [0.15, 0.2) is 6.79 Å². The van der Waals surface area contributed by atoms with Crippen molar-refractivity contribution in [3.05, 3.63) is 170 Å². The van der Waals surface area contributed by atoms with Crippen LogP contribution in [0.15, 0.2) is 175 Å². The van der Waals surface area contributed by atoms with Crippen molar-refractivity contribution >= 4 is 57.8 Å². The van der Waals surface area contributed by atoms with Gasteiger partial charge in [0.05, 0.1) is 0 Å². The minimum absolute atomic E-state index is 0.0289. The summed E-state index contributed by atoms with van der Waals surface area (Å²) in [7, 11) is -4.37. The maximum Gasteiger partial charge on any atom is 0.295 e. The Hall–Kier alpha value is -4.15. The largest absolute Gasteiger partial charge is 0.467 e. The zero-order valence-corrected chi connectivity index (χ0v) is 29.9. The Morgan fingerprint density at radius 3 is 1.23 bits per heavy atom. The molecular weight excluding hydrogens is 654 g/mol. The summed E-state index contributed by atoms with van der Waals surface area (Å²) in [6.07, 6.45) is 0. The van der Waals surface area contributed by atoms with Crippen LogP contribution in [-0.4, -0.2) is 26.9 Å². The van der Waals surface area contributed by atoms with Crippen molar-refractivity contribution in [2.24, 2.45) is 0 Å². The van der Waals surface area contributed by atoms with Gasteiger partial charge in [-0.3, -0.25) is 4.55 Å². The highest BCUT2D eigenvalue weighted by Crippen LogP contribution is 2.37. The fraction of sp³-hybridized carbons (Fsp3) is 0.100. The van der Waals surface area contributed by atoms with Crippen LogP contribution in [-0.2, 0) is 14.9 Å². The lowest BCUT2D eigenvalue weighted by Gasteiger charge is -2.22. The lowest BCUT2D eigenvalue weighted by molar-refractivity contribution is 0.0519. The fourth-order valence-corrected chi connectivity index (χ4v) is 10.8. The minimum atomic E-state index is -4.28. The van der Waals surface area contributed by atoms with Crippen LogP contribution in [0.2, 0.25) is 0 Å². The first kappa shape index (κ1) is 36.7. The number of hydrogen-bond donors (Lipinski definition) is 1. The second-order valence-electron chi connectivity index (χ2n) is 9.97. The molecule has 0 unspecified atom stereocenters. The molecule has 0 aliphatic carbocycles. The van der Waals surface area contributed by atoms with Gasteiger partial charge in [-0.2, -0.15) is 8.42 Å². The molecule has 0 heterocycles. The Bertz CT molecular complexity index is 1830. The molecule has 1 N–H and O–H groups in total. The van der Waals surface area contributed by atoms with Crippen LogP contribution in [0.3, 0.4) is 0 Å². The molecular formula is C40H40O5P2S. The van der Waals surface area contributed by atoms with Crippen molar-refractivity contribution in [3.63, 3.8) is 0 Å². The molecule has 0 saturated carbocycles. The Balaban J connectivity index is 0.000000206. The molecule has 6 rings (SSSR count). The van der Waals surface area contributed by atoms with Crippen LogP contribution >= 0.6 is 15.8 Å². The molecule has 6 aromatic carbocycles. The molecule has 0 amide bonds. The average Bonchev–Trinajstić information content (AvgIpc) is 3.14. The highest BCUT2D eigenvalue weighted by molar-refractivity contribution is 7.88. The van der Waals surface area contributed by atoms with E-state index in [0.717, 1.165) is 16.4 Å². The number of rotatable bonds is 10. The zero-order chi connectivity index (χ0) is 34.2. The monoisotopic (exact) mass is 694 g/mol. The summed E-state index contributed by atoms with van der Waals surface area (Å²) in [5.41, 5.74) is 0. The standard InChI is InChI=1S/C20H19O2P.C18H15O3PS.C2H6/c1-21-16-22-19-14-8-9-15-20(19)23(17-10-4-2-5-11-17)18-12-6-3-7-13-18;19-23(20,21)18-14-8-7-13-17(18)22(15-9-3-1-4-10-15)16-11-5-2-6-12-16;1-2/h2-15H,16H2,1H3;1-14H,(H,19,20,21);1-2H3. The summed E-state index contributed by atoms with van der Waals surface area (Å²) in [5, 5.41) is 6.51. The van der Waals surface area contributed by atoms with Crippen LogP contribution in [0.5, 0.6) is 5.75 Å². The summed E-state index contributed by atoms with van der Waals surface area (Å²) >= 11 is 0. The number of benzene rings is 6. The number of ether oxygens (including phenoxy) is 2. The minimum Gasteiger partial charge on any atom is -0.467 e. The lowest BCUT2D eigenvalue weighted by atomic mass is 10.3. The number of methoxy groups -OCH3 is 1. The van der Waals surface area contributed by atoms with E-state index in [1.54, 1.807) is 25.3 Å². The molecule has 0 aliphatic heterocycles. The van der Waals surface area contributed by atoms with Gasteiger partial charge in [0.2, 0.25) is 0 Å². The molecule has 6 aromatic rings. The van der Waals surface area contributed by atoms with Crippen molar-refractivity contribution < 1.29 is 22.4 Å². The second-order valence-corrected chi connectivity index (χ2v) is 15.7. The van der Waals surface area contributed by atoms with Gasteiger partial charge in [0, 0.05) is 17.7 Å². The molecule has 0 radical (unpaired) electrons. The van der Waals surface area contributed by atoms with Crippen LogP contribution in [0.4, 0.5) is 0 Å². The molecule has 5 nitrogen and oxygen atoms in total. The van der Waals surface area contributed by atoms with Gasteiger partial charge in [-0.05, 0) is 49.2 Å². The smallest absolute Gasteiger partial charge is 0.295 e. The Morgan fingerprint density at radius 2 is 0.833 bits per heavy atom. The van der Waals surface area contributed by atoms with E-state index >= 15 is 0 Å². The summed E-state index contributed by atoms with van der Waals surface area (Å²) < 4.78 is 44.0. The molecule has 0 fully saturated rings. The Kier molecular flexibility index (Phi) is 14.5. The number of para-hydroxylation sites is 1. The first-order valence-corrected chi connectivity index (χ1v) is 19.7. The predicted octanol–water partition coefficient (Wildman–Crippen LogP) is 7.15. The lowest BCUT2D eigenvalue weighted by Crippen LogP contribution is -2.24.